The first-order valence-corrected chi connectivity index (χ1v) is 3.20. The van der Waals surface area contributed by atoms with Crippen molar-refractivity contribution in [3.8, 4) is 0 Å². The minimum Gasteiger partial charge on any atom is -0.139 e. The molecule has 0 aliphatic rings. The van der Waals surface area contributed by atoms with Crippen LogP contribution in [0.1, 0.15) is 0 Å². The molecule has 0 fully saturated rings. The molecule has 1 aromatic heterocycles. The van der Waals surface area contributed by atoms with Gasteiger partial charge in [-0.2, -0.15) is 0 Å². The van der Waals surface area contributed by atoms with Crippen LogP contribution in [0, 0.1) is 0 Å². The van der Waals surface area contributed by atoms with Crippen molar-refractivity contribution in [1.29, 1.82) is 0 Å². The molecule has 0 aliphatic heterocycles. The zero-order valence-corrected chi connectivity index (χ0v) is 5.51. The van der Waals surface area contributed by atoms with E-state index in [9.17, 15) is 0 Å². The maximum absolute atomic E-state index is 5.58. The predicted octanol–water partition coefficient (Wildman–Crippen LogP) is 0.660. The zero-order chi connectivity index (χ0) is 5.28. The van der Waals surface area contributed by atoms with Crippen LogP contribution >= 0.6 is 22.9 Å². The standard InChI is InChI=1S/C4H4BClS/c5-3-1-2-4(6)7-3/h1-2H,5H2. The number of halogens is 1. The first kappa shape index (κ1) is 5.20. The number of hydrogen-bond donors (Lipinski definition) is 0. The van der Waals surface area contributed by atoms with E-state index < -0.39 is 0 Å². The van der Waals surface area contributed by atoms with E-state index in [-0.39, 0.29) is 0 Å². The molecule has 0 saturated heterocycles. The summed E-state index contributed by atoms with van der Waals surface area (Å²) in [6, 6.07) is 3.91. The number of thiophene rings is 1. The van der Waals surface area contributed by atoms with Crippen LogP contribution < -0.4 is 4.78 Å². The second-order valence-electron chi connectivity index (χ2n) is 1.35. The van der Waals surface area contributed by atoms with Gasteiger partial charge in [0.05, 0.1) is 4.34 Å². The summed E-state index contributed by atoms with van der Waals surface area (Å²) in [5.41, 5.74) is 0. The topological polar surface area (TPSA) is 0 Å². The maximum atomic E-state index is 5.58. The van der Waals surface area contributed by atoms with Crippen molar-refractivity contribution >= 4 is 35.6 Å². The van der Waals surface area contributed by atoms with Gasteiger partial charge in [0.15, 0.2) is 7.85 Å². The van der Waals surface area contributed by atoms with Crippen molar-refractivity contribution in [3.63, 3.8) is 0 Å². The fourth-order valence-corrected chi connectivity index (χ4v) is 1.41. The Morgan fingerprint density at radius 3 is 2.43 bits per heavy atom. The fourth-order valence-electron chi connectivity index (χ4n) is 0.405. The van der Waals surface area contributed by atoms with Crippen LogP contribution in [0.4, 0.5) is 0 Å². The van der Waals surface area contributed by atoms with Crippen molar-refractivity contribution in [2.24, 2.45) is 0 Å². The van der Waals surface area contributed by atoms with Gasteiger partial charge in [0.2, 0.25) is 0 Å². The van der Waals surface area contributed by atoms with Gasteiger partial charge in [-0.1, -0.05) is 17.7 Å². The van der Waals surface area contributed by atoms with Crippen molar-refractivity contribution in [3.05, 3.63) is 16.5 Å². The third-order valence-corrected chi connectivity index (χ3v) is 1.85. The van der Waals surface area contributed by atoms with E-state index in [1.54, 1.807) is 11.3 Å². The van der Waals surface area contributed by atoms with Crippen LogP contribution in [0.15, 0.2) is 12.1 Å². The van der Waals surface area contributed by atoms with Gasteiger partial charge >= 0.3 is 0 Å². The highest BCUT2D eigenvalue weighted by Gasteiger charge is 1.86. The molecule has 36 valence electrons. The van der Waals surface area contributed by atoms with Crippen molar-refractivity contribution in [2.45, 2.75) is 0 Å². The quantitative estimate of drug-likeness (QED) is 0.453. The van der Waals surface area contributed by atoms with Crippen LogP contribution in [0.25, 0.3) is 0 Å². The minimum atomic E-state index is 0.873. The van der Waals surface area contributed by atoms with Crippen molar-refractivity contribution in [2.75, 3.05) is 0 Å². The molecule has 0 N–H and O–H groups in total. The van der Waals surface area contributed by atoms with Crippen LogP contribution in [0.5, 0.6) is 0 Å². The summed E-state index contributed by atoms with van der Waals surface area (Å²) >= 11 is 7.19. The Bertz CT molecular complexity index is 144. The molecule has 3 heteroatoms. The van der Waals surface area contributed by atoms with Crippen LogP contribution in [-0.2, 0) is 0 Å². The Morgan fingerprint density at radius 1 is 1.57 bits per heavy atom. The predicted molar refractivity (Wildman–Crippen MR) is 37.5 cm³/mol. The molecule has 0 spiro atoms. The lowest BCUT2D eigenvalue weighted by molar-refractivity contribution is 2.06. The monoisotopic (exact) mass is 130 g/mol. The van der Waals surface area contributed by atoms with E-state index >= 15 is 0 Å². The number of hydrogen-bond acceptors (Lipinski definition) is 1. The van der Waals surface area contributed by atoms with Gasteiger partial charge < -0.3 is 0 Å². The number of rotatable bonds is 0. The lowest BCUT2D eigenvalue weighted by Gasteiger charge is -1.69. The van der Waals surface area contributed by atoms with E-state index in [4.69, 9.17) is 11.6 Å². The largest absolute Gasteiger partial charge is 0.152 e. The molecule has 0 aliphatic carbocycles. The molecule has 0 aromatic carbocycles. The Morgan fingerprint density at radius 2 is 2.29 bits per heavy atom. The molecule has 1 rings (SSSR count). The maximum Gasteiger partial charge on any atom is 0.152 e. The molecule has 7 heavy (non-hydrogen) atoms. The molecule has 1 aromatic rings. The van der Waals surface area contributed by atoms with E-state index in [1.807, 2.05) is 20.0 Å². The lowest BCUT2D eigenvalue weighted by atomic mass is 10.1. The molecule has 0 bridgehead atoms. The minimum absolute atomic E-state index is 0.873. The first-order valence-electron chi connectivity index (χ1n) is 2.01. The highest BCUT2D eigenvalue weighted by molar-refractivity contribution is 7.23. The highest BCUT2D eigenvalue weighted by atomic mass is 35.5. The van der Waals surface area contributed by atoms with E-state index in [1.165, 1.54) is 4.78 Å². The summed E-state index contributed by atoms with van der Waals surface area (Å²) in [6.45, 7) is 0. The smallest absolute Gasteiger partial charge is 0.139 e. The van der Waals surface area contributed by atoms with Gasteiger partial charge in [-0.15, -0.1) is 11.3 Å². The summed E-state index contributed by atoms with van der Waals surface area (Å²) in [4.78, 5) is 0. The highest BCUT2D eigenvalue weighted by Crippen LogP contribution is 2.11. The normalized spacial score (nSPS) is 9.29. The molecule has 0 amide bonds. The summed E-state index contributed by atoms with van der Waals surface area (Å²) in [6.07, 6.45) is 0. The molecule has 0 saturated carbocycles. The molecule has 0 atom stereocenters. The van der Waals surface area contributed by atoms with Gasteiger partial charge in [0.25, 0.3) is 0 Å². The Labute approximate surface area is 52.5 Å². The van der Waals surface area contributed by atoms with E-state index in [0.29, 0.717) is 0 Å². The first-order chi connectivity index (χ1) is 3.29. The second kappa shape index (κ2) is 1.89. The lowest BCUT2D eigenvalue weighted by Crippen LogP contribution is -1.88. The van der Waals surface area contributed by atoms with Crippen LogP contribution in [0.2, 0.25) is 4.34 Å². The van der Waals surface area contributed by atoms with Gasteiger partial charge in [-0.05, 0) is 10.8 Å². The average Bonchev–Trinajstić information content (AvgIpc) is 1.87. The Kier molecular flexibility index (Phi) is 1.40. The van der Waals surface area contributed by atoms with Crippen molar-refractivity contribution < 1.29 is 0 Å². The summed E-state index contributed by atoms with van der Waals surface area (Å²) < 4.78 is 2.14. The molecule has 0 unspecified atom stereocenters. The Hall–Kier alpha value is 0.0549. The summed E-state index contributed by atoms with van der Waals surface area (Å²) in [5, 5.41) is 0. The van der Waals surface area contributed by atoms with Crippen LogP contribution in [-0.4, -0.2) is 7.85 Å². The average molecular weight is 130 g/mol. The third-order valence-electron chi connectivity index (χ3n) is 0.708. The van der Waals surface area contributed by atoms with E-state index in [2.05, 4.69) is 0 Å². The zero-order valence-electron chi connectivity index (χ0n) is 3.94. The molecule has 1 heterocycles. The third kappa shape index (κ3) is 1.21. The SMILES string of the molecule is Bc1ccc(Cl)s1. The van der Waals surface area contributed by atoms with Gasteiger partial charge in [-0.3, -0.25) is 0 Å². The fraction of sp³-hybridized carbons (Fsp3) is 0. The molecule has 0 nitrogen and oxygen atoms in total. The van der Waals surface area contributed by atoms with E-state index in [0.717, 1.165) is 4.34 Å². The summed E-state index contributed by atoms with van der Waals surface area (Å²) in [5.74, 6) is 0. The molecule has 0 radical (unpaired) electrons. The van der Waals surface area contributed by atoms with Gasteiger partial charge in [0, 0.05) is 0 Å². The molecular weight excluding hydrogens is 126 g/mol. The van der Waals surface area contributed by atoms with Gasteiger partial charge in [-0.25, -0.2) is 0 Å². The Balaban J connectivity index is 3.04. The second-order valence-corrected chi connectivity index (χ2v) is 3.27. The molecular formula is C4H4BClS. The van der Waals surface area contributed by atoms with Crippen molar-refractivity contribution in [1.82, 2.24) is 0 Å². The summed E-state index contributed by atoms with van der Waals surface area (Å²) in [7, 11) is 2.04. The van der Waals surface area contributed by atoms with Gasteiger partial charge in [0.1, 0.15) is 0 Å². The van der Waals surface area contributed by atoms with Crippen LogP contribution in [0.3, 0.4) is 0 Å².